The molecule has 0 atom stereocenters. The molecule has 0 spiro atoms. The van der Waals surface area contributed by atoms with Crippen molar-refractivity contribution in [3.63, 3.8) is 0 Å². The molecule has 106 valence electrons. The van der Waals surface area contributed by atoms with E-state index in [2.05, 4.69) is 9.46 Å². The average Bonchev–Trinajstić information content (AvgIpc) is 2.33. The SMILES string of the molecule is COC(=O)CCCS(=O)(=O)Nc1cc(F)ccc1C. The zero-order valence-corrected chi connectivity index (χ0v) is 11.6. The summed E-state index contributed by atoms with van der Waals surface area (Å²) in [5.41, 5.74) is 0.830. The number of hydrogen-bond acceptors (Lipinski definition) is 4. The molecule has 0 heterocycles. The second-order valence-corrected chi connectivity index (χ2v) is 5.90. The highest BCUT2D eigenvalue weighted by atomic mass is 32.2. The lowest BCUT2D eigenvalue weighted by Crippen LogP contribution is -2.18. The highest BCUT2D eigenvalue weighted by molar-refractivity contribution is 7.92. The van der Waals surface area contributed by atoms with E-state index in [0.717, 1.165) is 6.07 Å². The van der Waals surface area contributed by atoms with E-state index >= 15 is 0 Å². The minimum Gasteiger partial charge on any atom is -0.469 e. The van der Waals surface area contributed by atoms with E-state index in [9.17, 15) is 17.6 Å². The van der Waals surface area contributed by atoms with Gasteiger partial charge in [0, 0.05) is 6.42 Å². The van der Waals surface area contributed by atoms with Gasteiger partial charge in [-0.25, -0.2) is 12.8 Å². The Balaban J connectivity index is 2.64. The van der Waals surface area contributed by atoms with Gasteiger partial charge in [-0.2, -0.15) is 0 Å². The number of methoxy groups -OCH3 is 1. The highest BCUT2D eigenvalue weighted by Crippen LogP contribution is 2.17. The zero-order chi connectivity index (χ0) is 14.5. The first-order valence-electron chi connectivity index (χ1n) is 5.67. The Bertz CT molecular complexity index is 557. The van der Waals surface area contributed by atoms with Crippen LogP contribution in [0.25, 0.3) is 0 Å². The topological polar surface area (TPSA) is 72.5 Å². The van der Waals surface area contributed by atoms with Gasteiger partial charge in [-0.3, -0.25) is 9.52 Å². The fourth-order valence-electron chi connectivity index (χ4n) is 1.43. The molecule has 0 aliphatic heterocycles. The smallest absolute Gasteiger partial charge is 0.305 e. The van der Waals surface area contributed by atoms with Crippen molar-refractivity contribution in [1.82, 2.24) is 0 Å². The number of hydrogen-bond donors (Lipinski definition) is 1. The normalized spacial score (nSPS) is 11.1. The quantitative estimate of drug-likeness (QED) is 0.811. The standard InChI is InChI=1S/C12H16FNO4S/c1-9-5-6-10(13)8-11(9)14-19(16,17)7-3-4-12(15)18-2/h5-6,8,14H,3-4,7H2,1-2H3. The van der Waals surface area contributed by atoms with E-state index in [-0.39, 0.29) is 24.3 Å². The van der Waals surface area contributed by atoms with Gasteiger partial charge in [-0.05, 0) is 31.0 Å². The van der Waals surface area contributed by atoms with Gasteiger partial charge in [0.25, 0.3) is 0 Å². The van der Waals surface area contributed by atoms with E-state index in [4.69, 9.17) is 0 Å². The Kier molecular flexibility index (Phi) is 5.29. The van der Waals surface area contributed by atoms with Crippen LogP contribution in [0.1, 0.15) is 18.4 Å². The van der Waals surface area contributed by atoms with Crippen molar-refractivity contribution in [3.05, 3.63) is 29.6 Å². The molecule has 0 aliphatic carbocycles. The number of nitrogens with one attached hydrogen (secondary N) is 1. The molecule has 0 aromatic heterocycles. The van der Waals surface area contributed by atoms with Crippen LogP contribution in [0.15, 0.2) is 18.2 Å². The first-order valence-corrected chi connectivity index (χ1v) is 7.33. The van der Waals surface area contributed by atoms with Crippen molar-refractivity contribution in [2.24, 2.45) is 0 Å². The molecule has 0 amide bonds. The zero-order valence-electron chi connectivity index (χ0n) is 10.8. The summed E-state index contributed by atoms with van der Waals surface area (Å²) in [4.78, 5) is 10.9. The maximum Gasteiger partial charge on any atom is 0.305 e. The molecule has 0 bridgehead atoms. The second kappa shape index (κ2) is 6.51. The van der Waals surface area contributed by atoms with E-state index in [0.29, 0.717) is 5.56 Å². The lowest BCUT2D eigenvalue weighted by molar-refractivity contribution is -0.140. The summed E-state index contributed by atoms with van der Waals surface area (Å²) in [6.45, 7) is 1.67. The van der Waals surface area contributed by atoms with Crippen molar-refractivity contribution < 1.29 is 22.3 Å². The third-order valence-corrected chi connectivity index (χ3v) is 3.84. The fourth-order valence-corrected chi connectivity index (χ4v) is 2.61. The maximum absolute atomic E-state index is 13.0. The number of aryl methyl sites for hydroxylation is 1. The third-order valence-electron chi connectivity index (χ3n) is 2.49. The molecular weight excluding hydrogens is 273 g/mol. The molecule has 0 fully saturated rings. The summed E-state index contributed by atoms with van der Waals surface area (Å²) in [7, 11) is -2.36. The Hall–Kier alpha value is -1.63. The number of esters is 1. The number of benzene rings is 1. The van der Waals surface area contributed by atoms with E-state index in [1.807, 2.05) is 0 Å². The van der Waals surface area contributed by atoms with Gasteiger partial charge in [0.05, 0.1) is 18.6 Å². The molecule has 1 aromatic rings. The van der Waals surface area contributed by atoms with E-state index < -0.39 is 21.8 Å². The monoisotopic (exact) mass is 289 g/mol. The summed E-state index contributed by atoms with van der Waals surface area (Å²) >= 11 is 0. The summed E-state index contributed by atoms with van der Waals surface area (Å²) in [6.07, 6.45) is 0.177. The van der Waals surface area contributed by atoms with Crippen LogP contribution in [-0.4, -0.2) is 27.2 Å². The molecule has 1 N–H and O–H groups in total. The molecule has 19 heavy (non-hydrogen) atoms. The van der Waals surface area contributed by atoms with Crippen molar-refractivity contribution in [2.45, 2.75) is 19.8 Å². The van der Waals surface area contributed by atoms with Gasteiger partial charge in [0.15, 0.2) is 0 Å². The number of halogens is 1. The fraction of sp³-hybridized carbons (Fsp3) is 0.417. The first kappa shape index (κ1) is 15.4. The first-order chi connectivity index (χ1) is 8.84. The van der Waals surface area contributed by atoms with Crippen LogP contribution in [0.2, 0.25) is 0 Å². The number of anilines is 1. The number of sulfonamides is 1. The molecular formula is C12H16FNO4S. The lowest BCUT2D eigenvalue weighted by Gasteiger charge is -2.10. The van der Waals surface area contributed by atoms with Gasteiger partial charge < -0.3 is 4.74 Å². The molecule has 7 heteroatoms. The molecule has 0 saturated heterocycles. The predicted molar refractivity (Wildman–Crippen MR) is 69.8 cm³/mol. The third kappa shape index (κ3) is 5.25. The largest absolute Gasteiger partial charge is 0.469 e. The molecule has 5 nitrogen and oxygen atoms in total. The predicted octanol–water partition coefficient (Wildman–Crippen LogP) is 1.83. The van der Waals surface area contributed by atoms with Crippen molar-refractivity contribution in [1.29, 1.82) is 0 Å². The van der Waals surface area contributed by atoms with Gasteiger partial charge in [-0.1, -0.05) is 6.07 Å². The van der Waals surface area contributed by atoms with Crippen LogP contribution in [0.5, 0.6) is 0 Å². The minimum atomic E-state index is -3.60. The Morgan fingerprint density at radius 2 is 2.11 bits per heavy atom. The van der Waals surface area contributed by atoms with E-state index in [1.54, 1.807) is 6.92 Å². The lowest BCUT2D eigenvalue weighted by atomic mass is 10.2. The van der Waals surface area contributed by atoms with Crippen molar-refractivity contribution >= 4 is 21.7 Å². The number of rotatable bonds is 6. The van der Waals surface area contributed by atoms with Gasteiger partial charge >= 0.3 is 5.97 Å². The van der Waals surface area contributed by atoms with Crippen LogP contribution >= 0.6 is 0 Å². The Morgan fingerprint density at radius 1 is 1.42 bits per heavy atom. The molecule has 0 aliphatic rings. The van der Waals surface area contributed by atoms with Gasteiger partial charge in [0.2, 0.25) is 10.0 Å². The Morgan fingerprint density at radius 3 is 2.74 bits per heavy atom. The highest BCUT2D eigenvalue weighted by Gasteiger charge is 2.13. The van der Waals surface area contributed by atoms with Crippen LogP contribution in [0, 0.1) is 12.7 Å². The molecule has 1 aromatic carbocycles. The van der Waals surface area contributed by atoms with Crippen LogP contribution in [0.3, 0.4) is 0 Å². The summed E-state index contributed by atoms with van der Waals surface area (Å²) in [6, 6.07) is 3.86. The molecule has 1 rings (SSSR count). The average molecular weight is 289 g/mol. The van der Waals surface area contributed by atoms with Crippen molar-refractivity contribution in [2.75, 3.05) is 17.6 Å². The number of ether oxygens (including phenoxy) is 1. The second-order valence-electron chi connectivity index (χ2n) is 4.06. The molecule has 0 radical (unpaired) electrons. The summed E-state index contributed by atoms with van der Waals surface area (Å²) in [5, 5.41) is 0. The van der Waals surface area contributed by atoms with Gasteiger partial charge in [-0.15, -0.1) is 0 Å². The van der Waals surface area contributed by atoms with E-state index in [1.165, 1.54) is 19.2 Å². The van der Waals surface area contributed by atoms with Crippen molar-refractivity contribution in [3.8, 4) is 0 Å². The summed E-state index contributed by atoms with van der Waals surface area (Å²) < 4.78 is 43.2. The Labute approximate surface area is 111 Å². The summed E-state index contributed by atoms with van der Waals surface area (Å²) in [5.74, 6) is -1.20. The number of carbonyl (C=O) groups excluding carboxylic acids is 1. The minimum absolute atomic E-state index is 0.0273. The molecule has 0 unspecified atom stereocenters. The van der Waals surface area contributed by atoms with Gasteiger partial charge in [0.1, 0.15) is 5.82 Å². The van der Waals surface area contributed by atoms with Crippen LogP contribution in [0.4, 0.5) is 10.1 Å². The van der Waals surface area contributed by atoms with Crippen LogP contribution in [-0.2, 0) is 19.6 Å². The molecule has 0 saturated carbocycles. The van der Waals surface area contributed by atoms with Crippen LogP contribution < -0.4 is 4.72 Å². The number of carbonyl (C=O) groups is 1. The maximum atomic E-state index is 13.0.